The smallest absolute Gasteiger partial charge is 0.0204 e. The van der Waals surface area contributed by atoms with Crippen LogP contribution in [-0.2, 0) is 10.8 Å². The predicted octanol–water partition coefficient (Wildman–Crippen LogP) is 11.5. The van der Waals surface area contributed by atoms with E-state index in [2.05, 4.69) is 119 Å². The molecule has 0 aliphatic heterocycles. The van der Waals surface area contributed by atoms with Gasteiger partial charge in [-0.2, -0.15) is 0 Å². The van der Waals surface area contributed by atoms with Crippen molar-refractivity contribution in [3.8, 4) is 11.1 Å². The van der Waals surface area contributed by atoms with Crippen LogP contribution in [0, 0.1) is 28.6 Å². The fourth-order valence-electron chi connectivity index (χ4n) is 9.30. The van der Waals surface area contributed by atoms with Crippen LogP contribution in [0.5, 0.6) is 0 Å². The van der Waals surface area contributed by atoms with Gasteiger partial charge in [-0.3, -0.25) is 0 Å². The monoisotopic (exact) mass is 534 g/mol. The fourth-order valence-corrected chi connectivity index (χ4v) is 9.30. The average molecular weight is 535 g/mol. The molecule has 0 nitrogen and oxygen atoms in total. The minimum absolute atomic E-state index is 0.135. The molecule has 0 spiro atoms. The molecule has 0 saturated heterocycles. The highest BCUT2D eigenvalue weighted by Crippen LogP contribution is 2.71. The maximum absolute atomic E-state index is 2.74. The zero-order chi connectivity index (χ0) is 29.0. The van der Waals surface area contributed by atoms with E-state index < -0.39 is 0 Å². The van der Waals surface area contributed by atoms with Gasteiger partial charge < -0.3 is 0 Å². The molecule has 1 saturated carbocycles. The lowest BCUT2D eigenvalue weighted by Crippen LogP contribution is -2.43. The Morgan fingerprint density at radius 1 is 0.700 bits per heavy atom. The van der Waals surface area contributed by atoms with E-state index in [1.54, 1.807) is 22.3 Å². The summed E-state index contributed by atoms with van der Waals surface area (Å²) in [6.07, 6.45) is 9.52. The summed E-state index contributed by atoms with van der Waals surface area (Å²) in [5.74, 6) is 2.48. The molecule has 0 heterocycles. The van der Waals surface area contributed by atoms with Crippen LogP contribution in [0.2, 0.25) is 0 Å². The number of fused-ring (bicyclic) bond motifs is 5. The van der Waals surface area contributed by atoms with E-state index in [0.29, 0.717) is 11.8 Å². The quantitative estimate of drug-likeness (QED) is 0.359. The minimum Gasteiger partial charge on any atom is -0.0619 e. The van der Waals surface area contributed by atoms with E-state index in [1.807, 2.05) is 5.57 Å². The van der Waals surface area contributed by atoms with E-state index in [9.17, 15) is 0 Å². The Hall–Kier alpha value is -2.08. The van der Waals surface area contributed by atoms with Crippen LogP contribution in [0.1, 0.15) is 136 Å². The molecule has 0 heteroatoms. The van der Waals surface area contributed by atoms with Gasteiger partial charge in [-0.05, 0) is 92.2 Å². The second-order valence-electron chi connectivity index (χ2n) is 17.2. The van der Waals surface area contributed by atoms with Crippen LogP contribution in [-0.4, -0.2) is 0 Å². The zero-order valence-corrected chi connectivity index (χ0v) is 27.4. The Morgan fingerprint density at radius 2 is 1.23 bits per heavy atom. The number of hydrogen-bond donors (Lipinski definition) is 0. The van der Waals surface area contributed by atoms with Gasteiger partial charge in [0.15, 0.2) is 0 Å². The summed E-state index contributed by atoms with van der Waals surface area (Å²) in [5, 5.41) is 0. The summed E-state index contributed by atoms with van der Waals surface area (Å²) in [6, 6.07) is 15.1. The molecule has 0 amide bonds. The maximum atomic E-state index is 2.74. The Balaban J connectivity index is 1.68. The van der Waals surface area contributed by atoms with Crippen molar-refractivity contribution >= 4 is 0 Å². The third kappa shape index (κ3) is 3.98. The highest BCUT2D eigenvalue weighted by molar-refractivity contribution is 5.81. The normalized spacial score (nSPS) is 26.6. The Morgan fingerprint density at radius 3 is 1.70 bits per heavy atom. The van der Waals surface area contributed by atoms with Crippen LogP contribution >= 0.6 is 0 Å². The molecule has 6 rings (SSSR count). The fraction of sp³-hybridized carbons (Fsp3) is 0.600. The third-order valence-electron chi connectivity index (χ3n) is 11.5. The summed E-state index contributed by atoms with van der Waals surface area (Å²) in [5.41, 5.74) is 15.0. The van der Waals surface area contributed by atoms with Crippen molar-refractivity contribution in [1.29, 1.82) is 0 Å². The first kappa shape index (κ1) is 28.1. The van der Waals surface area contributed by atoms with Crippen LogP contribution in [0.4, 0.5) is 0 Å². The summed E-state index contributed by atoms with van der Waals surface area (Å²) in [4.78, 5) is 0. The van der Waals surface area contributed by atoms with Crippen molar-refractivity contribution < 1.29 is 0 Å². The lowest BCUT2D eigenvalue weighted by Gasteiger charge is -2.50. The standard InChI is InChI=1S/C40H54/c1-24(2)40(34-15-13-12-14-30(34)31-22-27(23-35(31)40)39(9,10)11)36-32-20-25(37(3,4)5)16-18-28(32)29-19-17-26(21-33(29)36)38(6,7)8/h16-21,23-24,30,34,36H,12-15,22H2,1-11H3. The van der Waals surface area contributed by atoms with Crippen LogP contribution < -0.4 is 0 Å². The maximum Gasteiger partial charge on any atom is 0.0204 e. The second-order valence-corrected chi connectivity index (χ2v) is 17.2. The molecule has 0 bridgehead atoms. The molecule has 3 atom stereocenters. The van der Waals surface area contributed by atoms with Gasteiger partial charge >= 0.3 is 0 Å². The van der Waals surface area contributed by atoms with Crippen LogP contribution in [0.15, 0.2) is 59.2 Å². The van der Waals surface area contributed by atoms with Gasteiger partial charge in [-0.25, -0.2) is 0 Å². The first-order valence-electron chi connectivity index (χ1n) is 16.3. The van der Waals surface area contributed by atoms with E-state index in [0.717, 1.165) is 11.8 Å². The van der Waals surface area contributed by atoms with Crippen LogP contribution in [0.25, 0.3) is 11.1 Å². The van der Waals surface area contributed by atoms with Crippen molar-refractivity contribution in [2.45, 2.75) is 125 Å². The largest absolute Gasteiger partial charge is 0.0619 e. The second kappa shape index (κ2) is 8.96. The van der Waals surface area contributed by atoms with Gasteiger partial charge in [0.05, 0.1) is 0 Å². The van der Waals surface area contributed by atoms with Crippen molar-refractivity contribution in [3.05, 3.63) is 81.4 Å². The summed E-state index contributed by atoms with van der Waals surface area (Å²) < 4.78 is 0. The molecule has 4 aliphatic rings. The third-order valence-corrected chi connectivity index (χ3v) is 11.5. The van der Waals surface area contributed by atoms with Crippen molar-refractivity contribution in [1.82, 2.24) is 0 Å². The average Bonchev–Trinajstić information content (AvgIpc) is 3.51. The topological polar surface area (TPSA) is 0 Å². The first-order chi connectivity index (χ1) is 18.6. The Bertz CT molecular complexity index is 1340. The molecule has 0 radical (unpaired) electrons. The minimum atomic E-state index is 0.135. The van der Waals surface area contributed by atoms with Crippen molar-refractivity contribution in [2.75, 3.05) is 0 Å². The molecule has 4 aliphatic carbocycles. The summed E-state index contributed by atoms with van der Waals surface area (Å²) in [6.45, 7) is 26.7. The van der Waals surface area contributed by atoms with E-state index in [4.69, 9.17) is 0 Å². The number of rotatable bonds is 2. The first-order valence-corrected chi connectivity index (χ1v) is 16.3. The molecule has 0 aromatic heterocycles. The van der Waals surface area contributed by atoms with Gasteiger partial charge in [0.25, 0.3) is 0 Å². The lowest BCUT2D eigenvalue weighted by atomic mass is 9.53. The number of benzene rings is 2. The Kier molecular flexibility index (Phi) is 6.28. The molecule has 214 valence electrons. The molecule has 2 aromatic carbocycles. The van der Waals surface area contributed by atoms with Gasteiger partial charge in [-0.15, -0.1) is 0 Å². The SMILES string of the molecule is CC(C)C1(C2c3cc(C(C)(C)C)ccc3-c3ccc(C(C)(C)C)cc32)C2=C(CC(C(C)(C)C)=C2)C2CCCCC21. The highest BCUT2D eigenvalue weighted by atomic mass is 14.6. The predicted molar refractivity (Wildman–Crippen MR) is 173 cm³/mol. The number of hydrogen-bond acceptors (Lipinski definition) is 0. The van der Waals surface area contributed by atoms with E-state index in [1.165, 1.54) is 54.4 Å². The summed E-state index contributed by atoms with van der Waals surface area (Å²) in [7, 11) is 0. The number of allylic oxidation sites excluding steroid dienone is 4. The molecule has 1 fully saturated rings. The molecule has 0 N–H and O–H groups in total. The van der Waals surface area contributed by atoms with Gasteiger partial charge in [0, 0.05) is 11.3 Å². The van der Waals surface area contributed by atoms with Gasteiger partial charge in [0.2, 0.25) is 0 Å². The molecule has 40 heavy (non-hydrogen) atoms. The molecular weight excluding hydrogens is 480 g/mol. The molecular formula is C40H54. The van der Waals surface area contributed by atoms with E-state index in [-0.39, 0.29) is 21.7 Å². The van der Waals surface area contributed by atoms with Crippen molar-refractivity contribution in [3.63, 3.8) is 0 Å². The summed E-state index contributed by atoms with van der Waals surface area (Å²) >= 11 is 0. The zero-order valence-electron chi connectivity index (χ0n) is 27.4. The molecule has 2 aromatic rings. The van der Waals surface area contributed by atoms with Gasteiger partial charge in [-0.1, -0.05) is 143 Å². The molecule has 3 unspecified atom stereocenters. The van der Waals surface area contributed by atoms with Crippen molar-refractivity contribution in [2.24, 2.45) is 28.6 Å². The van der Waals surface area contributed by atoms with Gasteiger partial charge in [0.1, 0.15) is 0 Å². The highest BCUT2D eigenvalue weighted by Gasteiger charge is 2.61. The van der Waals surface area contributed by atoms with Crippen LogP contribution in [0.3, 0.4) is 0 Å². The lowest BCUT2D eigenvalue weighted by molar-refractivity contribution is 0.0763. The van der Waals surface area contributed by atoms with E-state index >= 15 is 0 Å². The Labute approximate surface area is 245 Å².